The molecule has 0 bridgehead atoms. The predicted octanol–water partition coefficient (Wildman–Crippen LogP) is 3.69. The molecule has 0 aliphatic carbocycles. The molecule has 1 heterocycles. The maximum absolute atomic E-state index is 3.41. The largest absolute Gasteiger partial charge is 0.319 e. The second-order valence-corrected chi connectivity index (χ2v) is 6.31. The Balaban J connectivity index is 2.37. The summed E-state index contributed by atoms with van der Waals surface area (Å²) in [6, 6.07) is 7.65. The Kier molecular flexibility index (Phi) is 5.62. The van der Waals surface area contributed by atoms with E-state index in [1.54, 1.807) is 0 Å². The average Bonchev–Trinajstić information content (AvgIpc) is 2.60. The molecule has 1 saturated heterocycles. The lowest BCUT2D eigenvalue weighted by Gasteiger charge is -2.35. The van der Waals surface area contributed by atoms with E-state index in [0.717, 1.165) is 19.0 Å². The zero-order chi connectivity index (χ0) is 14.5. The van der Waals surface area contributed by atoms with E-state index in [-0.39, 0.29) is 0 Å². The van der Waals surface area contributed by atoms with Gasteiger partial charge in [0.2, 0.25) is 0 Å². The van der Waals surface area contributed by atoms with Gasteiger partial charge in [-0.05, 0) is 64.9 Å². The molecule has 0 amide bonds. The van der Waals surface area contributed by atoms with Crippen molar-refractivity contribution >= 4 is 0 Å². The summed E-state index contributed by atoms with van der Waals surface area (Å²) < 4.78 is 0. The van der Waals surface area contributed by atoms with Gasteiger partial charge in [0.05, 0.1) is 0 Å². The molecule has 112 valence electrons. The van der Waals surface area contributed by atoms with E-state index in [9.17, 15) is 0 Å². The summed E-state index contributed by atoms with van der Waals surface area (Å²) >= 11 is 0. The Morgan fingerprint density at radius 3 is 2.45 bits per heavy atom. The third-order valence-corrected chi connectivity index (χ3v) is 4.57. The van der Waals surface area contributed by atoms with Gasteiger partial charge in [-0.15, -0.1) is 0 Å². The van der Waals surface area contributed by atoms with Crippen molar-refractivity contribution in [1.29, 1.82) is 0 Å². The van der Waals surface area contributed by atoms with Crippen LogP contribution in [0, 0.1) is 19.8 Å². The monoisotopic (exact) mass is 274 g/mol. The average molecular weight is 274 g/mol. The zero-order valence-corrected chi connectivity index (χ0v) is 13.6. The van der Waals surface area contributed by atoms with Gasteiger partial charge in [0, 0.05) is 6.04 Å². The Morgan fingerprint density at radius 2 is 1.85 bits per heavy atom. The molecule has 2 rings (SSSR count). The van der Waals surface area contributed by atoms with Crippen LogP contribution in [-0.4, -0.2) is 31.6 Å². The molecule has 0 saturated carbocycles. The van der Waals surface area contributed by atoms with Crippen molar-refractivity contribution in [3.63, 3.8) is 0 Å². The van der Waals surface area contributed by atoms with Crippen molar-refractivity contribution in [2.24, 2.45) is 5.92 Å². The van der Waals surface area contributed by atoms with Crippen molar-refractivity contribution in [2.75, 3.05) is 26.7 Å². The SMILES string of the molecule is CCN1CCCCC(CNC)C1c1cc(C)cc(C)c1. The highest BCUT2D eigenvalue weighted by Crippen LogP contribution is 2.35. The molecule has 1 aromatic rings. The molecule has 1 fully saturated rings. The minimum absolute atomic E-state index is 0.577. The number of hydrogen-bond donors (Lipinski definition) is 1. The first-order valence-corrected chi connectivity index (χ1v) is 8.12. The first-order chi connectivity index (χ1) is 9.65. The molecule has 2 atom stereocenters. The van der Waals surface area contributed by atoms with Crippen LogP contribution in [0.4, 0.5) is 0 Å². The highest BCUT2D eigenvalue weighted by atomic mass is 15.2. The van der Waals surface area contributed by atoms with Gasteiger partial charge in [0.1, 0.15) is 0 Å². The highest BCUT2D eigenvalue weighted by Gasteiger charge is 2.29. The fourth-order valence-electron chi connectivity index (χ4n) is 3.81. The minimum Gasteiger partial charge on any atom is -0.319 e. The fraction of sp³-hybridized carbons (Fsp3) is 0.667. The molecule has 1 aromatic carbocycles. The lowest BCUT2D eigenvalue weighted by Crippen LogP contribution is -2.36. The molecule has 2 unspecified atom stereocenters. The molecule has 0 radical (unpaired) electrons. The Bertz CT molecular complexity index is 407. The third kappa shape index (κ3) is 3.62. The van der Waals surface area contributed by atoms with Crippen LogP contribution in [0.1, 0.15) is 48.9 Å². The van der Waals surface area contributed by atoms with E-state index in [1.165, 1.54) is 42.5 Å². The van der Waals surface area contributed by atoms with E-state index in [4.69, 9.17) is 0 Å². The predicted molar refractivity (Wildman–Crippen MR) is 87.2 cm³/mol. The number of rotatable bonds is 4. The quantitative estimate of drug-likeness (QED) is 0.901. The van der Waals surface area contributed by atoms with Crippen LogP contribution in [0.3, 0.4) is 0 Å². The molecule has 1 N–H and O–H groups in total. The second kappa shape index (κ2) is 7.24. The van der Waals surface area contributed by atoms with Crippen LogP contribution < -0.4 is 5.32 Å². The van der Waals surface area contributed by atoms with Gasteiger partial charge in [-0.1, -0.05) is 42.7 Å². The Morgan fingerprint density at radius 1 is 1.15 bits per heavy atom. The summed E-state index contributed by atoms with van der Waals surface area (Å²) in [5.41, 5.74) is 4.30. The van der Waals surface area contributed by atoms with Gasteiger partial charge in [0.15, 0.2) is 0 Å². The Hall–Kier alpha value is -0.860. The molecular weight excluding hydrogens is 244 g/mol. The van der Waals surface area contributed by atoms with Crippen LogP contribution in [0.2, 0.25) is 0 Å². The van der Waals surface area contributed by atoms with E-state index in [0.29, 0.717) is 6.04 Å². The van der Waals surface area contributed by atoms with Gasteiger partial charge in [-0.25, -0.2) is 0 Å². The van der Waals surface area contributed by atoms with Crippen molar-refractivity contribution in [3.8, 4) is 0 Å². The molecule has 1 aliphatic rings. The standard InChI is InChI=1S/C18H30N2/c1-5-20-9-7-6-8-16(13-19-4)18(20)17-11-14(2)10-15(3)12-17/h10-12,16,18-19H,5-9,13H2,1-4H3. The van der Waals surface area contributed by atoms with E-state index in [1.807, 2.05) is 0 Å². The van der Waals surface area contributed by atoms with Crippen molar-refractivity contribution in [2.45, 2.75) is 46.1 Å². The molecule has 2 nitrogen and oxygen atoms in total. The zero-order valence-electron chi connectivity index (χ0n) is 13.6. The van der Waals surface area contributed by atoms with Gasteiger partial charge < -0.3 is 5.32 Å². The summed E-state index contributed by atoms with van der Waals surface area (Å²) in [4.78, 5) is 2.68. The lowest BCUT2D eigenvalue weighted by atomic mass is 9.87. The molecular formula is C18H30N2. The lowest BCUT2D eigenvalue weighted by molar-refractivity contribution is 0.162. The third-order valence-electron chi connectivity index (χ3n) is 4.57. The summed E-state index contributed by atoms with van der Waals surface area (Å²) in [5, 5.41) is 3.41. The smallest absolute Gasteiger partial charge is 0.0388 e. The summed E-state index contributed by atoms with van der Waals surface area (Å²) in [6.45, 7) is 10.3. The minimum atomic E-state index is 0.577. The van der Waals surface area contributed by atoms with Crippen LogP contribution in [0.15, 0.2) is 18.2 Å². The summed E-state index contributed by atoms with van der Waals surface area (Å²) in [6.07, 6.45) is 4.05. The van der Waals surface area contributed by atoms with Gasteiger partial charge >= 0.3 is 0 Å². The number of nitrogens with zero attached hydrogens (tertiary/aromatic N) is 1. The maximum Gasteiger partial charge on any atom is 0.0388 e. The summed E-state index contributed by atoms with van der Waals surface area (Å²) in [5.74, 6) is 0.726. The Labute approximate surface area is 124 Å². The van der Waals surface area contributed by atoms with Gasteiger partial charge in [-0.3, -0.25) is 4.90 Å². The molecule has 20 heavy (non-hydrogen) atoms. The van der Waals surface area contributed by atoms with Crippen LogP contribution in [0.25, 0.3) is 0 Å². The molecule has 2 heteroatoms. The number of hydrogen-bond acceptors (Lipinski definition) is 2. The second-order valence-electron chi connectivity index (χ2n) is 6.31. The number of benzene rings is 1. The van der Waals surface area contributed by atoms with Gasteiger partial charge in [-0.2, -0.15) is 0 Å². The maximum atomic E-state index is 3.41. The van der Waals surface area contributed by atoms with Crippen LogP contribution in [-0.2, 0) is 0 Å². The molecule has 0 aromatic heterocycles. The van der Waals surface area contributed by atoms with Gasteiger partial charge in [0.25, 0.3) is 0 Å². The van der Waals surface area contributed by atoms with Crippen molar-refractivity contribution in [3.05, 3.63) is 34.9 Å². The van der Waals surface area contributed by atoms with E-state index >= 15 is 0 Å². The highest BCUT2D eigenvalue weighted by molar-refractivity contribution is 5.31. The fourth-order valence-corrected chi connectivity index (χ4v) is 3.81. The topological polar surface area (TPSA) is 15.3 Å². The van der Waals surface area contributed by atoms with Crippen molar-refractivity contribution < 1.29 is 0 Å². The van der Waals surface area contributed by atoms with E-state index in [2.05, 4.69) is 56.2 Å². The van der Waals surface area contributed by atoms with Crippen LogP contribution >= 0.6 is 0 Å². The number of nitrogens with one attached hydrogen (secondary N) is 1. The first kappa shape index (κ1) is 15.5. The van der Waals surface area contributed by atoms with Crippen molar-refractivity contribution in [1.82, 2.24) is 10.2 Å². The van der Waals surface area contributed by atoms with E-state index < -0.39 is 0 Å². The normalized spacial score (nSPS) is 24.6. The summed E-state index contributed by atoms with van der Waals surface area (Å²) in [7, 11) is 2.08. The van der Waals surface area contributed by atoms with Crippen LogP contribution in [0.5, 0.6) is 0 Å². The molecule has 1 aliphatic heterocycles. The molecule has 0 spiro atoms. The first-order valence-electron chi connectivity index (χ1n) is 8.12. The number of likely N-dealkylation sites (tertiary alicyclic amines) is 1. The number of aryl methyl sites for hydroxylation is 2.